The molecule has 3 unspecified atom stereocenters. The summed E-state index contributed by atoms with van der Waals surface area (Å²) in [6, 6.07) is -0.108. The molecule has 0 aromatic heterocycles. The second kappa shape index (κ2) is 15.3. The lowest BCUT2D eigenvalue weighted by atomic mass is 9.95. The number of ether oxygens (including phenoxy) is 3. The Morgan fingerprint density at radius 3 is 2.30 bits per heavy atom. The Labute approximate surface area is 224 Å². The first-order chi connectivity index (χ1) is 17.2. The maximum absolute atomic E-state index is 13.7. The van der Waals surface area contributed by atoms with E-state index in [1.807, 2.05) is 34.6 Å². The number of esters is 1. The lowest BCUT2D eigenvalue weighted by Crippen LogP contribution is -2.56. The smallest absolute Gasteiger partial charge is 0.411 e. The van der Waals surface area contributed by atoms with E-state index in [4.69, 9.17) is 14.2 Å². The SMILES string of the molecule is CCOC(=O)/C(C)=C/[C@H]([C@@H](C)CC)N(C)C(=O)C(NC(=O)OC1CCCCN1C(C)CC)OC(C)(C)C. The molecule has 0 radical (unpaired) electrons. The Hall–Kier alpha value is -2.13. The van der Waals surface area contributed by atoms with Gasteiger partial charge >= 0.3 is 12.1 Å². The number of hydrogen-bond donors (Lipinski definition) is 1. The standard InChI is InChI=1S/C28H51N3O6/c1-11-19(4)22(18-20(5)26(33)35-13-3)30(10)25(32)24(37-28(7,8)9)29-27(34)36-23-16-14-15-17-31(23)21(6)12-2/h18-19,21-24H,11-17H2,1-10H3,(H,29,34)/b20-18+/t19-,21?,22+,23?,24?/m0/s1. The molecule has 214 valence electrons. The maximum atomic E-state index is 13.7. The molecule has 1 fully saturated rings. The third kappa shape index (κ3) is 10.6. The second-order valence-electron chi connectivity index (χ2n) is 11.0. The fourth-order valence-corrected chi connectivity index (χ4v) is 4.35. The van der Waals surface area contributed by atoms with Gasteiger partial charge in [0.1, 0.15) is 0 Å². The van der Waals surface area contributed by atoms with Gasteiger partial charge in [0, 0.05) is 25.2 Å². The summed E-state index contributed by atoms with van der Waals surface area (Å²) in [6.07, 6.45) is 4.02. The summed E-state index contributed by atoms with van der Waals surface area (Å²) in [5.41, 5.74) is -0.278. The van der Waals surface area contributed by atoms with Gasteiger partial charge < -0.3 is 19.1 Å². The molecule has 1 aliphatic heterocycles. The first-order valence-corrected chi connectivity index (χ1v) is 13.8. The van der Waals surface area contributed by atoms with E-state index in [-0.39, 0.29) is 18.8 Å². The highest BCUT2D eigenvalue weighted by molar-refractivity contribution is 5.88. The number of alkyl carbamates (subject to hydrolysis) is 1. The van der Waals surface area contributed by atoms with Gasteiger partial charge in [0.15, 0.2) is 6.23 Å². The first-order valence-electron chi connectivity index (χ1n) is 13.8. The van der Waals surface area contributed by atoms with Gasteiger partial charge in [-0.3, -0.25) is 15.0 Å². The van der Waals surface area contributed by atoms with Crippen LogP contribution in [0.5, 0.6) is 0 Å². The molecule has 37 heavy (non-hydrogen) atoms. The Kier molecular flexibility index (Phi) is 13.6. The van der Waals surface area contributed by atoms with Crippen molar-refractivity contribution in [3.05, 3.63) is 11.6 Å². The largest absolute Gasteiger partial charge is 0.463 e. The lowest BCUT2D eigenvalue weighted by molar-refractivity contribution is -0.157. The third-order valence-corrected chi connectivity index (χ3v) is 6.87. The summed E-state index contributed by atoms with van der Waals surface area (Å²) in [5.74, 6) is -0.793. The number of rotatable bonds is 12. The van der Waals surface area contributed by atoms with Gasteiger partial charge in [-0.1, -0.05) is 33.3 Å². The molecular weight excluding hydrogens is 474 g/mol. The van der Waals surface area contributed by atoms with Crippen molar-refractivity contribution in [1.82, 2.24) is 15.1 Å². The molecule has 9 heteroatoms. The van der Waals surface area contributed by atoms with Crippen LogP contribution in [-0.4, -0.2) is 78.1 Å². The first kappa shape index (κ1) is 32.9. The van der Waals surface area contributed by atoms with Crippen LogP contribution in [0.25, 0.3) is 0 Å². The van der Waals surface area contributed by atoms with Gasteiger partial charge in [-0.25, -0.2) is 9.59 Å². The zero-order chi connectivity index (χ0) is 28.3. The second-order valence-corrected chi connectivity index (χ2v) is 11.0. The van der Waals surface area contributed by atoms with E-state index >= 15 is 0 Å². The Balaban J connectivity index is 3.13. The number of amides is 2. The third-order valence-electron chi connectivity index (χ3n) is 6.87. The van der Waals surface area contributed by atoms with Crippen LogP contribution in [0.2, 0.25) is 0 Å². The van der Waals surface area contributed by atoms with E-state index in [1.165, 1.54) is 4.90 Å². The lowest BCUT2D eigenvalue weighted by Gasteiger charge is -2.39. The molecule has 2 amide bonds. The maximum Gasteiger partial charge on any atom is 0.411 e. The summed E-state index contributed by atoms with van der Waals surface area (Å²) in [4.78, 5) is 42.7. The van der Waals surface area contributed by atoms with E-state index in [9.17, 15) is 14.4 Å². The van der Waals surface area contributed by atoms with E-state index in [1.54, 1.807) is 27.0 Å². The van der Waals surface area contributed by atoms with E-state index in [0.29, 0.717) is 11.6 Å². The quantitative estimate of drug-likeness (QED) is 0.221. The van der Waals surface area contributed by atoms with Crippen LogP contribution in [0.15, 0.2) is 11.6 Å². The van der Waals surface area contributed by atoms with Crippen LogP contribution >= 0.6 is 0 Å². The molecule has 0 spiro atoms. The highest BCUT2D eigenvalue weighted by Crippen LogP contribution is 2.23. The molecule has 1 saturated heterocycles. The number of hydrogen-bond acceptors (Lipinski definition) is 7. The number of likely N-dealkylation sites (N-methyl/N-ethyl adjacent to an activating group) is 1. The van der Waals surface area contributed by atoms with Gasteiger partial charge in [0.05, 0.1) is 18.2 Å². The van der Waals surface area contributed by atoms with Gasteiger partial charge in [-0.15, -0.1) is 0 Å². The minimum absolute atomic E-state index is 0.0480. The van der Waals surface area contributed by atoms with Crippen molar-refractivity contribution in [3.63, 3.8) is 0 Å². The van der Waals surface area contributed by atoms with Crippen molar-refractivity contribution in [2.24, 2.45) is 5.92 Å². The molecule has 0 aliphatic carbocycles. The topological polar surface area (TPSA) is 97.4 Å². The predicted octanol–water partition coefficient (Wildman–Crippen LogP) is 4.85. The minimum atomic E-state index is -1.25. The van der Waals surface area contributed by atoms with Crippen molar-refractivity contribution in [1.29, 1.82) is 0 Å². The molecule has 1 rings (SSSR count). The van der Waals surface area contributed by atoms with Crippen LogP contribution in [0.1, 0.15) is 94.4 Å². The highest BCUT2D eigenvalue weighted by atomic mass is 16.6. The van der Waals surface area contributed by atoms with Crippen molar-refractivity contribution < 1.29 is 28.6 Å². The summed E-state index contributed by atoms with van der Waals surface area (Å²) >= 11 is 0. The van der Waals surface area contributed by atoms with Gasteiger partial charge in [0.2, 0.25) is 6.23 Å². The zero-order valence-corrected chi connectivity index (χ0v) is 24.8. The Morgan fingerprint density at radius 2 is 1.76 bits per heavy atom. The molecule has 0 aromatic rings. The number of carbonyl (C=O) groups excluding carboxylic acids is 3. The molecule has 0 aromatic carbocycles. The number of likely N-dealkylation sites (tertiary alicyclic amines) is 1. The van der Waals surface area contributed by atoms with Gasteiger partial charge in [0.25, 0.3) is 5.91 Å². The number of piperidine rings is 1. The molecule has 0 bridgehead atoms. The molecular formula is C28H51N3O6. The van der Waals surface area contributed by atoms with Crippen LogP contribution in [0.4, 0.5) is 4.79 Å². The predicted molar refractivity (Wildman–Crippen MR) is 145 cm³/mol. The van der Waals surface area contributed by atoms with E-state index in [2.05, 4.69) is 24.1 Å². The van der Waals surface area contributed by atoms with Crippen molar-refractivity contribution in [2.75, 3.05) is 20.2 Å². The summed E-state index contributed by atoms with van der Waals surface area (Å²) in [6.45, 7) is 18.3. The molecule has 9 nitrogen and oxygen atoms in total. The van der Waals surface area contributed by atoms with Crippen molar-refractivity contribution >= 4 is 18.0 Å². The van der Waals surface area contributed by atoms with Crippen LogP contribution in [-0.2, 0) is 23.8 Å². The molecule has 1 aliphatic rings. The highest BCUT2D eigenvalue weighted by Gasteiger charge is 2.35. The monoisotopic (exact) mass is 525 g/mol. The Bertz CT molecular complexity index is 778. The van der Waals surface area contributed by atoms with Crippen molar-refractivity contribution in [2.45, 2.75) is 125 Å². The summed E-state index contributed by atoms with van der Waals surface area (Å²) < 4.78 is 16.9. The number of nitrogens with zero attached hydrogens (tertiary/aromatic N) is 2. The normalized spacial score (nSPS) is 20.4. The molecule has 1 heterocycles. The van der Waals surface area contributed by atoms with E-state index in [0.717, 1.165) is 38.6 Å². The Morgan fingerprint density at radius 1 is 1.11 bits per heavy atom. The molecule has 0 saturated carbocycles. The van der Waals surface area contributed by atoms with Crippen molar-refractivity contribution in [3.8, 4) is 0 Å². The number of nitrogens with one attached hydrogen (secondary N) is 1. The van der Waals surface area contributed by atoms with Crippen LogP contribution < -0.4 is 5.32 Å². The van der Waals surface area contributed by atoms with Crippen LogP contribution in [0.3, 0.4) is 0 Å². The van der Waals surface area contributed by atoms with E-state index < -0.39 is 35.8 Å². The molecule has 1 N–H and O–H groups in total. The summed E-state index contributed by atoms with van der Waals surface area (Å²) in [5, 5.41) is 2.67. The summed E-state index contributed by atoms with van der Waals surface area (Å²) in [7, 11) is 1.66. The zero-order valence-electron chi connectivity index (χ0n) is 24.8. The minimum Gasteiger partial charge on any atom is -0.463 e. The fourth-order valence-electron chi connectivity index (χ4n) is 4.35. The fraction of sp³-hybridized carbons (Fsp3) is 0.821. The molecule has 5 atom stereocenters. The van der Waals surface area contributed by atoms with Gasteiger partial charge in [-0.2, -0.15) is 0 Å². The average molecular weight is 526 g/mol. The number of carbonyl (C=O) groups is 3. The average Bonchev–Trinajstić information content (AvgIpc) is 2.84. The van der Waals surface area contributed by atoms with Gasteiger partial charge in [-0.05, 0) is 73.1 Å². The van der Waals surface area contributed by atoms with Crippen LogP contribution in [0, 0.1) is 5.92 Å².